The largest absolute Gasteiger partial charge is 0.498 e. The summed E-state index contributed by atoms with van der Waals surface area (Å²) in [5.41, 5.74) is 4.15. The van der Waals surface area contributed by atoms with E-state index in [0.29, 0.717) is 51.2 Å². The minimum atomic E-state index is -4.13. The molecular formula is C71H85B2Br2N15O15S2. The van der Waals surface area contributed by atoms with Gasteiger partial charge in [0, 0.05) is 85.9 Å². The summed E-state index contributed by atoms with van der Waals surface area (Å²) in [4.78, 5) is 67.2. The van der Waals surface area contributed by atoms with Crippen LogP contribution in [0.15, 0.2) is 191 Å². The number of H-pyrrole nitrogens is 1. The number of anilines is 2. The number of benzene rings is 4. The Morgan fingerprint density at radius 3 is 1.41 bits per heavy atom. The van der Waals surface area contributed by atoms with Crippen LogP contribution in [0.5, 0.6) is 0 Å². The van der Waals surface area contributed by atoms with Crippen LogP contribution in [0.2, 0.25) is 0 Å². The molecular weight excluding hydrogens is 1550 g/mol. The van der Waals surface area contributed by atoms with Crippen LogP contribution in [0.4, 0.5) is 11.4 Å². The van der Waals surface area contributed by atoms with Crippen molar-refractivity contribution in [2.45, 2.75) is 146 Å². The Hall–Kier alpha value is -9.55. The average Bonchev–Trinajstić information content (AvgIpc) is 1.77. The number of amides is 3. The first kappa shape index (κ1) is 83.1. The second kappa shape index (κ2) is 35.9. The predicted octanol–water partition coefficient (Wildman–Crippen LogP) is 8.51. The number of fused-ring (bicyclic) bond motifs is 2. The Bertz CT molecular complexity index is 4790. The number of oxazole rings is 2. The van der Waals surface area contributed by atoms with Gasteiger partial charge >= 0.3 is 14.2 Å². The summed E-state index contributed by atoms with van der Waals surface area (Å²) in [5.74, 6) is -1.05. The number of rotatable bonds is 20. The van der Waals surface area contributed by atoms with E-state index in [-0.39, 0.29) is 120 Å². The minimum Gasteiger partial charge on any atom is -0.448 e. The summed E-state index contributed by atoms with van der Waals surface area (Å²) in [7, 11) is -4.10. The van der Waals surface area contributed by atoms with Crippen molar-refractivity contribution in [3.05, 3.63) is 187 Å². The average molecular weight is 1630 g/mol. The summed E-state index contributed by atoms with van der Waals surface area (Å²) in [6.07, 6.45) is 17.1. The van der Waals surface area contributed by atoms with Crippen molar-refractivity contribution in [1.82, 2.24) is 55.7 Å². The van der Waals surface area contributed by atoms with Gasteiger partial charge in [0.15, 0.2) is 23.2 Å². The third kappa shape index (κ3) is 21.2. The smallest absolute Gasteiger partial charge is 0.448 e. The molecule has 6 N–H and O–H groups in total. The van der Waals surface area contributed by atoms with Crippen LogP contribution < -0.4 is 37.5 Å². The topological polar surface area (TPSA) is 392 Å². The zero-order valence-corrected chi connectivity index (χ0v) is 64.8. The van der Waals surface area contributed by atoms with Crippen molar-refractivity contribution < 1.29 is 68.3 Å². The third-order valence-corrected chi connectivity index (χ3v) is 21.6. The third-order valence-electron chi connectivity index (χ3n) is 17.9. The van der Waals surface area contributed by atoms with E-state index in [2.05, 4.69) is 97.6 Å². The molecule has 0 spiro atoms. The number of aromatic amines is 1. The van der Waals surface area contributed by atoms with E-state index in [9.17, 15) is 40.8 Å². The van der Waals surface area contributed by atoms with Crippen LogP contribution in [0, 0.1) is 0 Å². The Balaban J connectivity index is 0.000000185. The second-order valence-electron chi connectivity index (χ2n) is 26.3. The molecule has 4 aliphatic heterocycles. The number of alkyl halides is 1. The molecule has 4 aliphatic rings. The number of nitrogens with zero attached hydrogens (tertiary/aromatic N) is 9. The lowest BCUT2D eigenvalue weighted by Crippen LogP contribution is -2.41. The molecule has 30 nitrogen and oxygen atoms in total. The van der Waals surface area contributed by atoms with Gasteiger partial charge in [0.1, 0.15) is 35.4 Å². The highest BCUT2D eigenvalue weighted by molar-refractivity contribution is 9.10. The molecule has 2 saturated heterocycles. The van der Waals surface area contributed by atoms with Gasteiger partial charge in [-0.25, -0.2) is 9.97 Å². The van der Waals surface area contributed by atoms with Crippen LogP contribution in [0.3, 0.4) is 0 Å². The standard InChI is InChI=1S/C26H24N6O5S.C20H16BrN3O4S.C12H20BN3O3.C9H15BN2O2.C3H6BrNO.CH4/c1-27-24(34)16-32-15-19(14-29-32)18-7-9-21-23(13-18)38(35,36)31-25(30-21)22(33)10-8-20(26-28-11-12-37-26)17-5-3-2-4-6-17;21-14-6-8-16-18(12-14)29(26,27)24-19(23-16)17(25)9-7-15(20-22-10-11-28-20)13-4-2-1-3-5-13;1-11(2)12(3,4)19-13(18-11)9-6-15-16(7-9)8-10(17)14-5;1-8(2)9(3,4)14-10(13-8)7-5-11-12-6-7;1-5-3(6)2-4;/h2-7,9,11-15,20H,8,10,16H2,1H3,(H,27,34)(H,30,31);1-6,8,10-12,15H,7,9H2,(H,23,24);6-7H,8H2,1-5H3,(H,14,17);5-6H,1-4H3,(H,11,12);2H2,1H3,(H,5,6);1H4. The van der Waals surface area contributed by atoms with Gasteiger partial charge in [-0.1, -0.05) is 106 Å². The fourth-order valence-corrected chi connectivity index (χ4v) is 13.7. The molecule has 4 aromatic carbocycles. The monoisotopic (exact) mass is 1630 g/mol. The Morgan fingerprint density at radius 1 is 0.551 bits per heavy atom. The highest BCUT2D eigenvalue weighted by Gasteiger charge is 2.53. The molecule has 9 heterocycles. The van der Waals surface area contributed by atoms with Gasteiger partial charge in [-0.3, -0.25) is 38.4 Å². The SMILES string of the molecule is C.CC1(C)OB(c2cn[nH]c2)OC1(C)C.CNC(=O)CBr.CNC(=O)Cn1cc(-c2ccc3c(c2)S(=O)(=O)N=C(C(=O)CCC(c2ccccc2)c2ncco2)N3)cn1.CNC(=O)Cn1cc(B2OC(C)(C)C(C)(C)O2)cn1.O=C(CCC(c1ccccc1)c1ncco1)C1=NS(=O)(=O)c2cc(Br)ccc2N1. The van der Waals surface area contributed by atoms with E-state index in [1.807, 2.05) is 116 Å². The second-order valence-corrected chi connectivity index (χ2v) is 30.9. The number of carbonyl (C=O) groups is 5. The van der Waals surface area contributed by atoms with E-state index >= 15 is 0 Å². The molecule has 3 amide bonds. The van der Waals surface area contributed by atoms with Gasteiger partial charge in [0.2, 0.25) is 29.5 Å². The molecule has 0 aliphatic carbocycles. The van der Waals surface area contributed by atoms with Crippen molar-refractivity contribution in [1.29, 1.82) is 0 Å². The quantitative estimate of drug-likeness (QED) is 0.0307. The first-order valence-corrected chi connectivity index (χ1v) is 38.1. The molecule has 9 aromatic rings. The lowest BCUT2D eigenvalue weighted by molar-refractivity contribution is -0.122. The number of Topliss-reactive ketones (excluding diaryl/α,β-unsaturated/α-hetero) is 2. The number of hydrogen-bond acceptors (Lipinski definition) is 22. The number of ketones is 2. The maximum atomic E-state index is 13.1. The number of nitrogens with one attached hydrogen (secondary N) is 6. The Morgan fingerprint density at radius 2 is 0.991 bits per heavy atom. The Kier molecular flexibility index (Phi) is 27.9. The minimum absolute atomic E-state index is 0. The number of aromatic nitrogens is 8. The van der Waals surface area contributed by atoms with E-state index in [1.54, 1.807) is 92.6 Å². The summed E-state index contributed by atoms with van der Waals surface area (Å²) in [6, 6.07) is 28.6. The van der Waals surface area contributed by atoms with Gasteiger partial charge in [0.05, 0.1) is 69.5 Å². The first-order chi connectivity index (χ1) is 50.3. The number of sulfonamides is 2. The van der Waals surface area contributed by atoms with Crippen molar-refractivity contribution in [2.75, 3.05) is 37.1 Å². The van der Waals surface area contributed by atoms with Crippen LogP contribution >= 0.6 is 31.9 Å². The van der Waals surface area contributed by atoms with Gasteiger partial charge in [-0.05, 0) is 115 Å². The maximum absolute atomic E-state index is 13.1. The van der Waals surface area contributed by atoms with Crippen LogP contribution in [0.1, 0.15) is 123 Å². The number of carbonyl (C=O) groups excluding carboxylic acids is 5. The first-order valence-electron chi connectivity index (χ1n) is 33.3. The molecule has 107 heavy (non-hydrogen) atoms. The van der Waals surface area contributed by atoms with Crippen molar-refractivity contribution >= 4 is 129 Å². The lowest BCUT2D eigenvalue weighted by Gasteiger charge is -2.32. The van der Waals surface area contributed by atoms with Crippen LogP contribution in [-0.2, 0) is 75.7 Å². The van der Waals surface area contributed by atoms with Gasteiger partial charge < -0.3 is 54.0 Å². The van der Waals surface area contributed by atoms with Gasteiger partial charge in [0.25, 0.3) is 20.0 Å². The zero-order valence-electron chi connectivity index (χ0n) is 60.0. The Labute approximate surface area is 638 Å². The van der Waals surface area contributed by atoms with Gasteiger partial charge in [-0.15, -0.1) is 8.80 Å². The van der Waals surface area contributed by atoms with Crippen molar-refractivity contribution in [3.63, 3.8) is 0 Å². The fourth-order valence-electron chi connectivity index (χ4n) is 10.6. The summed E-state index contributed by atoms with van der Waals surface area (Å²) in [5, 5.41) is 28.5. The van der Waals surface area contributed by atoms with Crippen molar-refractivity contribution in [2.24, 2.45) is 8.80 Å². The number of likely N-dealkylation sites (N-methyl/N-ethyl adjacent to an activating group) is 2. The van der Waals surface area contributed by atoms with Crippen molar-refractivity contribution in [3.8, 4) is 11.1 Å². The molecule has 2 fully saturated rings. The molecule has 13 rings (SSSR count). The highest BCUT2D eigenvalue weighted by Crippen LogP contribution is 2.39. The van der Waals surface area contributed by atoms with E-state index < -0.39 is 38.7 Å². The summed E-state index contributed by atoms with van der Waals surface area (Å²) >= 11 is 6.21. The summed E-state index contributed by atoms with van der Waals surface area (Å²) < 4.78 is 96.5. The fraction of sp³-hybridized carbons (Fsp3) is 0.352. The normalized spacial score (nSPS) is 16.7. The van der Waals surface area contributed by atoms with Gasteiger partial charge in [-0.2, -0.15) is 32.1 Å². The molecule has 5 aromatic heterocycles. The molecule has 0 saturated carbocycles. The van der Waals surface area contributed by atoms with E-state index in [0.717, 1.165) is 22.1 Å². The molecule has 2 unspecified atom stereocenters. The highest BCUT2D eigenvalue weighted by atomic mass is 79.9. The number of amidine groups is 2. The molecule has 2 atom stereocenters. The lowest BCUT2D eigenvalue weighted by atomic mass is 9.82. The summed E-state index contributed by atoms with van der Waals surface area (Å²) in [6.45, 7) is 16.4. The zero-order chi connectivity index (χ0) is 76.8. The van der Waals surface area contributed by atoms with E-state index in [1.165, 1.54) is 36.4 Å². The molecule has 0 radical (unpaired) electrons. The maximum Gasteiger partial charge on any atom is 0.498 e. The molecule has 566 valence electrons. The number of halogens is 2. The molecule has 0 bridgehead atoms. The van der Waals surface area contributed by atoms with Crippen LogP contribution in [-0.4, -0.2) is 161 Å². The number of hydrogen-bond donors (Lipinski definition) is 6. The molecule has 36 heteroatoms. The van der Waals surface area contributed by atoms with E-state index in [4.69, 9.17) is 27.5 Å². The predicted molar refractivity (Wildman–Crippen MR) is 411 cm³/mol. The van der Waals surface area contributed by atoms with Crippen LogP contribution in [0.25, 0.3) is 11.1 Å².